The fraction of sp³-hybridized carbons (Fsp3) is 0.750. The molecule has 9 nitrogen and oxygen atoms in total. The van der Waals surface area contributed by atoms with Crippen molar-refractivity contribution in [1.82, 2.24) is 19.0 Å². The number of hydrogen-bond acceptors (Lipinski definition) is 6. The zero-order chi connectivity index (χ0) is 17.3. The van der Waals surface area contributed by atoms with E-state index in [9.17, 15) is 16.8 Å². The Balaban J connectivity index is 2.11. The van der Waals surface area contributed by atoms with Gasteiger partial charge in [0.2, 0.25) is 10.0 Å². The highest BCUT2D eigenvalue weighted by Crippen LogP contribution is 2.19. The number of nitrogens with zero attached hydrogens (tertiary/aromatic N) is 2. The van der Waals surface area contributed by atoms with E-state index in [1.165, 1.54) is 20.3 Å². The predicted molar refractivity (Wildman–Crippen MR) is 83.9 cm³/mol. The summed E-state index contributed by atoms with van der Waals surface area (Å²) in [5.74, 6) is -0.0401. The Hall–Kier alpha value is -1.01. The number of ether oxygens (including phenoxy) is 1. The van der Waals surface area contributed by atoms with E-state index in [0.717, 1.165) is 4.31 Å². The molecule has 2 atom stereocenters. The Morgan fingerprint density at radius 3 is 2.61 bits per heavy atom. The lowest BCUT2D eigenvalue weighted by Gasteiger charge is -2.20. The molecule has 0 bridgehead atoms. The maximum Gasteiger partial charge on any atom is 0.257 e. The van der Waals surface area contributed by atoms with Crippen molar-refractivity contribution in [3.05, 3.63) is 12.0 Å². The third-order valence-corrected chi connectivity index (χ3v) is 7.08. The number of imidazole rings is 1. The van der Waals surface area contributed by atoms with Gasteiger partial charge in [-0.2, -0.15) is 0 Å². The van der Waals surface area contributed by atoms with Gasteiger partial charge in [-0.05, 0) is 0 Å². The minimum Gasteiger partial charge on any atom is -0.379 e. The number of nitrogens with one attached hydrogen (secondary N) is 2. The molecule has 0 unspecified atom stereocenters. The van der Waals surface area contributed by atoms with Gasteiger partial charge < -0.3 is 9.72 Å². The van der Waals surface area contributed by atoms with Crippen molar-refractivity contribution in [1.29, 1.82) is 0 Å². The average molecular weight is 366 g/mol. The van der Waals surface area contributed by atoms with Gasteiger partial charge in [-0.15, -0.1) is 0 Å². The first kappa shape index (κ1) is 18.3. The van der Waals surface area contributed by atoms with Gasteiger partial charge in [-0.3, -0.25) is 0 Å². The second-order valence-corrected chi connectivity index (χ2v) is 9.54. The molecule has 2 rings (SSSR count). The number of rotatable bonds is 7. The Kier molecular flexibility index (Phi) is 5.46. The zero-order valence-corrected chi connectivity index (χ0v) is 14.9. The summed E-state index contributed by atoms with van der Waals surface area (Å²) in [6.07, 6.45) is 1.84. The molecule has 1 saturated heterocycles. The third kappa shape index (κ3) is 4.29. The van der Waals surface area contributed by atoms with E-state index in [-0.39, 0.29) is 24.0 Å². The molecular formula is C12H22N4O5S2. The van der Waals surface area contributed by atoms with Crippen LogP contribution in [0.15, 0.2) is 11.2 Å². The largest absolute Gasteiger partial charge is 0.379 e. The smallest absolute Gasteiger partial charge is 0.257 e. The molecule has 0 saturated carbocycles. The number of H-pyrrole nitrogens is 1. The van der Waals surface area contributed by atoms with Crippen LogP contribution in [0.3, 0.4) is 0 Å². The van der Waals surface area contributed by atoms with Gasteiger partial charge >= 0.3 is 0 Å². The quantitative estimate of drug-likeness (QED) is 0.649. The molecule has 2 N–H and O–H groups in total. The molecule has 11 heteroatoms. The molecule has 0 radical (unpaired) electrons. The highest BCUT2D eigenvalue weighted by molar-refractivity contribution is 7.89. The van der Waals surface area contributed by atoms with Crippen LogP contribution in [0, 0.1) is 5.92 Å². The lowest BCUT2D eigenvalue weighted by molar-refractivity contribution is 0.185. The van der Waals surface area contributed by atoms with E-state index in [4.69, 9.17) is 4.74 Å². The van der Waals surface area contributed by atoms with Crippen molar-refractivity contribution in [3.8, 4) is 0 Å². The summed E-state index contributed by atoms with van der Waals surface area (Å²) in [4.78, 5) is 6.70. The summed E-state index contributed by atoms with van der Waals surface area (Å²) >= 11 is 0. The molecule has 1 aromatic rings. The van der Waals surface area contributed by atoms with Crippen LogP contribution in [0.25, 0.3) is 0 Å². The van der Waals surface area contributed by atoms with Crippen molar-refractivity contribution in [3.63, 3.8) is 0 Å². The second kappa shape index (κ2) is 6.85. The molecule has 1 aliphatic heterocycles. The van der Waals surface area contributed by atoms with Crippen LogP contribution >= 0.6 is 0 Å². The molecule has 1 fully saturated rings. The maximum absolute atomic E-state index is 12.4. The minimum absolute atomic E-state index is 0.0320. The van der Waals surface area contributed by atoms with Gasteiger partial charge in [0.25, 0.3) is 10.0 Å². The van der Waals surface area contributed by atoms with Crippen LogP contribution in [0.4, 0.5) is 0 Å². The van der Waals surface area contributed by atoms with Gasteiger partial charge in [-0.1, -0.05) is 6.92 Å². The molecule has 0 amide bonds. The average Bonchev–Trinajstić information content (AvgIpc) is 3.08. The van der Waals surface area contributed by atoms with E-state index >= 15 is 0 Å². The number of aromatic amines is 1. The lowest BCUT2D eigenvalue weighted by Crippen LogP contribution is -2.43. The second-order valence-electron chi connectivity index (χ2n) is 5.63. The molecular weight excluding hydrogens is 344 g/mol. The van der Waals surface area contributed by atoms with Gasteiger partial charge in [0.15, 0.2) is 5.03 Å². The first-order chi connectivity index (χ1) is 10.7. The van der Waals surface area contributed by atoms with E-state index in [1.54, 1.807) is 0 Å². The Labute approximate surface area is 136 Å². The molecule has 0 spiro atoms. The van der Waals surface area contributed by atoms with E-state index in [0.29, 0.717) is 12.2 Å². The Bertz CT molecular complexity index is 741. The first-order valence-corrected chi connectivity index (χ1v) is 10.3. The van der Waals surface area contributed by atoms with Crippen molar-refractivity contribution in [2.24, 2.45) is 5.92 Å². The van der Waals surface area contributed by atoms with Crippen molar-refractivity contribution in [2.45, 2.75) is 24.4 Å². The molecule has 0 aromatic carbocycles. The number of sulfonamides is 2. The van der Waals surface area contributed by atoms with Gasteiger partial charge in [0.05, 0.1) is 31.2 Å². The van der Waals surface area contributed by atoms with E-state index in [2.05, 4.69) is 14.7 Å². The van der Waals surface area contributed by atoms with Crippen LogP contribution in [0.2, 0.25) is 0 Å². The zero-order valence-electron chi connectivity index (χ0n) is 13.3. The summed E-state index contributed by atoms with van der Waals surface area (Å²) in [7, 11) is -4.34. The SMILES string of the molecule is CCc1ncc(S(=O)(=O)N[C@H]2COC[C@H]2CS(=O)(=O)N(C)C)[nH]1. The van der Waals surface area contributed by atoms with E-state index in [1.807, 2.05) is 6.92 Å². The summed E-state index contributed by atoms with van der Waals surface area (Å²) in [5, 5.41) is -0.0320. The third-order valence-electron chi connectivity index (χ3n) is 3.72. The van der Waals surface area contributed by atoms with Crippen molar-refractivity contribution >= 4 is 20.0 Å². The summed E-state index contributed by atoms with van der Waals surface area (Å²) < 4.78 is 57.6. The molecule has 1 aliphatic rings. The fourth-order valence-corrected chi connectivity index (χ4v) is 4.63. The minimum atomic E-state index is -3.80. The van der Waals surface area contributed by atoms with Crippen LogP contribution in [0.1, 0.15) is 12.7 Å². The topological polar surface area (TPSA) is 121 Å². The van der Waals surface area contributed by atoms with Crippen molar-refractivity contribution in [2.75, 3.05) is 33.1 Å². The Morgan fingerprint density at radius 2 is 2.04 bits per heavy atom. The fourth-order valence-electron chi connectivity index (χ4n) is 2.24. The highest BCUT2D eigenvalue weighted by Gasteiger charge is 2.36. The van der Waals surface area contributed by atoms with Gasteiger partial charge in [-0.25, -0.2) is 30.8 Å². The van der Waals surface area contributed by atoms with Crippen LogP contribution in [0.5, 0.6) is 0 Å². The number of aromatic nitrogens is 2. The first-order valence-electron chi connectivity index (χ1n) is 7.20. The number of aryl methyl sites for hydroxylation is 1. The highest BCUT2D eigenvalue weighted by atomic mass is 32.2. The molecule has 132 valence electrons. The maximum atomic E-state index is 12.4. The summed E-state index contributed by atoms with van der Waals surface area (Å²) in [6.45, 7) is 2.20. The molecule has 1 aromatic heterocycles. The van der Waals surface area contributed by atoms with Gasteiger partial charge in [0.1, 0.15) is 5.82 Å². The van der Waals surface area contributed by atoms with Crippen LogP contribution < -0.4 is 4.72 Å². The number of hydrogen-bond donors (Lipinski definition) is 2. The van der Waals surface area contributed by atoms with Gasteiger partial charge in [0, 0.05) is 26.4 Å². The summed E-state index contributed by atoms with van der Waals surface area (Å²) in [6, 6.07) is -0.594. The van der Waals surface area contributed by atoms with E-state index < -0.39 is 32.0 Å². The molecule has 2 heterocycles. The Morgan fingerprint density at radius 1 is 1.35 bits per heavy atom. The van der Waals surface area contributed by atoms with Crippen molar-refractivity contribution < 1.29 is 21.6 Å². The lowest BCUT2D eigenvalue weighted by atomic mass is 10.1. The standard InChI is InChI=1S/C12H22N4O5S2/c1-4-11-13-5-12(14-11)23(19,20)15-10-7-21-6-9(10)8-22(17,18)16(2)3/h5,9-10,15H,4,6-8H2,1-3H3,(H,13,14)/t9-,10-/m0/s1. The summed E-state index contributed by atoms with van der Waals surface area (Å²) in [5.41, 5.74) is 0. The molecule has 0 aliphatic carbocycles. The predicted octanol–water partition coefficient (Wildman–Crippen LogP) is -0.843. The monoisotopic (exact) mass is 366 g/mol. The molecule has 23 heavy (non-hydrogen) atoms. The van der Waals surface area contributed by atoms with Crippen LogP contribution in [-0.4, -0.2) is 70.2 Å². The van der Waals surface area contributed by atoms with Crippen LogP contribution in [-0.2, 0) is 31.2 Å². The normalized spacial score (nSPS) is 22.8.